The van der Waals surface area contributed by atoms with Crippen molar-refractivity contribution >= 4 is 17.4 Å². The summed E-state index contributed by atoms with van der Waals surface area (Å²) in [4.78, 5) is 1.38. The zero-order valence-corrected chi connectivity index (χ0v) is 10.6. The minimum absolute atomic E-state index is 1.24. The van der Waals surface area contributed by atoms with Crippen molar-refractivity contribution in [2.24, 2.45) is 0 Å². The molecule has 0 saturated heterocycles. The van der Waals surface area contributed by atoms with Crippen LogP contribution < -0.4 is 0 Å². The Morgan fingerprint density at radius 1 is 1.13 bits per heavy atom. The topological polar surface area (TPSA) is 0 Å². The maximum Gasteiger partial charge on any atom is 0.0267 e. The van der Waals surface area contributed by atoms with Crippen LogP contribution in [-0.2, 0) is 0 Å². The molecule has 0 nitrogen and oxygen atoms in total. The van der Waals surface area contributed by atoms with Crippen molar-refractivity contribution in [3.8, 4) is 0 Å². The van der Waals surface area contributed by atoms with E-state index in [2.05, 4.69) is 36.6 Å². The van der Waals surface area contributed by atoms with Gasteiger partial charge in [-0.2, -0.15) is 0 Å². The zero-order valence-electron chi connectivity index (χ0n) is 9.74. The number of allylic oxidation sites excluding steroid dienone is 1. The normalized spacial score (nSPS) is 11.3. The third-order valence-corrected chi connectivity index (χ3v) is 3.39. The van der Waals surface area contributed by atoms with E-state index in [0.717, 1.165) is 0 Å². The third-order valence-electron chi connectivity index (χ3n) is 2.55. The molecule has 0 aliphatic rings. The van der Waals surface area contributed by atoms with Crippen LogP contribution in [-0.4, -0.2) is 0 Å². The number of thiophene rings is 1. The van der Waals surface area contributed by atoms with Gasteiger partial charge in [0.25, 0.3) is 0 Å². The minimum Gasteiger partial charge on any atom is -0.144 e. The first-order valence-corrected chi connectivity index (χ1v) is 7.01. The lowest BCUT2D eigenvalue weighted by atomic mass is 10.1. The Morgan fingerprint density at radius 2 is 1.93 bits per heavy atom. The van der Waals surface area contributed by atoms with Gasteiger partial charge in [0.05, 0.1) is 0 Å². The maximum atomic E-state index is 2.31. The van der Waals surface area contributed by atoms with Gasteiger partial charge in [-0.15, -0.1) is 11.3 Å². The summed E-state index contributed by atoms with van der Waals surface area (Å²) in [5, 5.41) is 2.13. The molecule has 0 atom stereocenters. The number of hydrogen-bond donors (Lipinski definition) is 0. The van der Waals surface area contributed by atoms with Crippen LogP contribution in [0, 0.1) is 0 Å². The first-order chi connectivity index (χ1) is 7.43. The molecule has 1 aromatic rings. The predicted molar refractivity (Wildman–Crippen MR) is 71.3 cm³/mol. The standard InChI is InChI=1S/C14H22S/c1-2-3-4-5-6-7-8-9-11-14-12-10-13-15-14/h9-13H,2-8H2,1H3/b11-9+. The van der Waals surface area contributed by atoms with Crippen LogP contribution in [0.4, 0.5) is 0 Å². The third kappa shape index (κ3) is 6.51. The Bertz CT molecular complexity index is 246. The summed E-state index contributed by atoms with van der Waals surface area (Å²) in [5.74, 6) is 0. The number of rotatable bonds is 8. The van der Waals surface area contributed by atoms with Gasteiger partial charge < -0.3 is 0 Å². The lowest BCUT2D eigenvalue weighted by Gasteiger charge is -1.97. The first-order valence-electron chi connectivity index (χ1n) is 6.13. The highest BCUT2D eigenvalue weighted by molar-refractivity contribution is 7.10. The summed E-state index contributed by atoms with van der Waals surface area (Å²) in [6, 6.07) is 4.28. The van der Waals surface area contributed by atoms with E-state index in [4.69, 9.17) is 0 Å². The summed E-state index contributed by atoms with van der Waals surface area (Å²) in [6.07, 6.45) is 14.1. The summed E-state index contributed by atoms with van der Waals surface area (Å²) in [7, 11) is 0. The molecule has 0 bridgehead atoms. The second kappa shape index (κ2) is 8.72. The van der Waals surface area contributed by atoms with Gasteiger partial charge in [-0.1, -0.05) is 51.2 Å². The molecular weight excluding hydrogens is 200 g/mol. The van der Waals surface area contributed by atoms with Crippen LogP contribution >= 0.6 is 11.3 Å². The molecule has 0 saturated carbocycles. The summed E-state index contributed by atoms with van der Waals surface area (Å²) in [6.45, 7) is 2.27. The van der Waals surface area contributed by atoms with Crippen LogP contribution in [0.2, 0.25) is 0 Å². The Labute approximate surface area is 98.0 Å². The molecule has 84 valence electrons. The van der Waals surface area contributed by atoms with Crippen molar-refractivity contribution in [2.45, 2.75) is 51.9 Å². The average Bonchev–Trinajstić information content (AvgIpc) is 2.75. The molecule has 0 aliphatic carbocycles. The van der Waals surface area contributed by atoms with Crippen molar-refractivity contribution < 1.29 is 0 Å². The maximum absolute atomic E-state index is 2.31. The Kier molecular flexibility index (Phi) is 7.28. The van der Waals surface area contributed by atoms with Gasteiger partial charge in [0.1, 0.15) is 0 Å². The van der Waals surface area contributed by atoms with Crippen LogP contribution in [0.3, 0.4) is 0 Å². The second-order valence-corrected chi connectivity index (χ2v) is 4.95. The van der Waals surface area contributed by atoms with Gasteiger partial charge in [-0.25, -0.2) is 0 Å². The second-order valence-electron chi connectivity index (χ2n) is 3.97. The zero-order chi connectivity index (χ0) is 10.8. The van der Waals surface area contributed by atoms with E-state index < -0.39 is 0 Å². The lowest BCUT2D eigenvalue weighted by molar-refractivity contribution is 0.611. The summed E-state index contributed by atoms with van der Waals surface area (Å²) >= 11 is 1.81. The Hall–Kier alpha value is -0.560. The average molecular weight is 222 g/mol. The van der Waals surface area contributed by atoms with Crippen LogP contribution in [0.1, 0.15) is 56.7 Å². The van der Waals surface area contributed by atoms with Crippen molar-refractivity contribution in [3.05, 3.63) is 28.5 Å². The van der Waals surface area contributed by atoms with E-state index in [0.29, 0.717) is 0 Å². The highest BCUT2D eigenvalue weighted by Crippen LogP contribution is 2.12. The molecule has 15 heavy (non-hydrogen) atoms. The van der Waals surface area contributed by atoms with Crippen molar-refractivity contribution in [3.63, 3.8) is 0 Å². The highest BCUT2D eigenvalue weighted by atomic mass is 32.1. The largest absolute Gasteiger partial charge is 0.144 e. The fraction of sp³-hybridized carbons (Fsp3) is 0.571. The molecule has 0 aromatic carbocycles. The van der Waals surface area contributed by atoms with Gasteiger partial charge >= 0.3 is 0 Å². The highest BCUT2D eigenvalue weighted by Gasteiger charge is 1.88. The SMILES string of the molecule is CCCCCCCC/C=C/c1cccs1. The molecule has 0 radical (unpaired) electrons. The van der Waals surface area contributed by atoms with Crippen molar-refractivity contribution in [2.75, 3.05) is 0 Å². The molecule has 1 heteroatoms. The molecular formula is C14H22S. The van der Waals surface area contributed by atoms with Gasteiger partial charge in [-0.3, -0.25) is 0 Å². The lowest BCUT2D eigenvalue weighted by Crippen LogP contribution is -1.77. The first kappa shape index (κ1) is 12.5. The molecule has 0 aliphatic heterocycles. The number of hydrogen-bond acceptors (Lipinski definition) is 1. The monoisotopic (exact) mass is 222 g/mol. The van der Waals surface area contributed by atoms with E-state index >= 15 is 0 Å². The fourth-order valence-corrected chi connectivity index (χ4v) is 2.27. The van der Waals surface area contributed by atoms with E-state index in [1.165, 1.54) is 49.8 Å². The molecule has 0 amide bonds. The van der Waals surface area contributed by atoms with Crippen LogP contribution in [0.5, 0.6) is 0 Å². The molecule has 1 heterocycles. The van der Waals surface area contributed by atoms with Gasteiger partial charge in [0.2, 0.25) is 0 Å². The van der Waals surface area contributed by atoms with E-state index in [1.807, 2.05) is 11.3 Å². The van der Waals surface area contributed by atoms with Crippen molar-refractivity contribution in [1.82, 2.24) is 0 Å². The van der Waals surface area contributed by atoms with Crippen molar-refractivity contribution in [1.29, 1.82) is 0 Å². The smallest absolute Gasteiger partial charge is 0.0267 e. The van der Waals surface area contributed by atoms with Gasteiger partial charge in [-0.05, 0) is 30.4 Å². The summed E-state index contributed by atoms with van der Waals surface area (Å²) in [5.41, 5.74) is 0. The molecule has 1 aromatic heterocycles. The molecule has 0 N–H and O–H groups in total. The molecule has 1 rings (SSSR count). The fourth-order valence-electron chi connectivity index (χ4n) is 1.63. The molecule has 0 unspecified atom stereocenters. The molecule has 0 fully saturated rings. The predicted octanol–water partition coefficient (Wildman–Crippen LogP) is 5.51. The van der Waals surface area contributed by atoms with Crippen LogP contribution in [0.15, 0.2) is 23.6 Å². The quantitative estimate of drug-likeness (QED) is 0.509. The molecule has 0 spiro atoms. The van der Waals surface area contributed by atoms with E-state index in [1.54, 1.807) is 0 Å². The van der Waals surface area contributed by atoms with Gasteiger partial charge in [0.15, 0.2) is 0 Å². The summed E-state index contributed by atoms with van der Waals surface area (Å²) < 4.78 is 0. The number of unbranched alkanes of at least 4 members (excludes halogenated alkanes) is 6. The Morgan fingerprint density at radius 3 is 2.67 bits per heavy atom. The Balaban J connectivity index is 1.93. The van der Waals surface area contributed by atoms with E-state index in [-0.39, 0.29) is 0 Å². The minimum atomic E-state index is 1.24. The van der Waals surface area contributed by atoms with E-state index in [9.17, 15) is 0 Å². The van der Waals surface area contributed by atoms with Gasteiger partial charge in [0, 0.05) is 4.88 Å². The van der Waals surface area contributed by atoms with Crippen LogP contribution in [0.25, 0.3) is 6.08 Å².